The van der Waals surface area contributed by atoms with Crippen LogP contribution in [0.4, 0.5) is 0 Å². The summed E-state index contributed by atoms with van der Waals surface area (Å²) in [5.74, 6) is 0. The number of imidazole rings is 1. The normalized spacial score (nSPS) is 12.2. The van der Waals surface area contributed by atoms with Gasteiger partial charge in [-0.2, -0.15) is 0 Å². The average molecular weight is 191 g/mol. The molecule has 0 atom stereocenters. The number of pyridine rings is 1. The van der Waals surface area contributed by atoms with Crippen molar-refractivity contribution < 1.29 is 5.11 Å². The van der Waals surface area contributed by atoms with Gasteiger partial charge in [0.05, 0.1) is 18.5 Å². The lowest BCUT2D eigenvalue weighted by molar-refractivity contribution is 0.167. The molecule has 0 spiro atoms. The Balaban J connectivity index is 2.64. The van der Waals surface area contributed by atoms with Crippen molar-refractivity contribution in [3.8, 4) is 0 Å². The molecule has 0 saturated heterocycles. The zero-order chi connectivity index (χ0) is 10.2. The molecule has 2 rings (SSSR count). The van der Waals surface area contributed by atoms with Gasteiger partial charge in [0.25, 0.3) is 0 Å². The first-order valence-electron chi connectivity index (χ1n) is 4.54. The van der Waals surface area contributed by atoms with Crippen LogP contribution in [0.25, 0.3) is 11.2 Å². The molecule has 0 unspecified atom stereocenters. The van der Waals surface area contributed by atoms with Gasteiger partial charge in [-0.3, -0.25) is 0 Å². The number of hydrogen-bond donors (Lipinski definition) is 1. The molecule has 0 bridgehead atoms. The maximum Gasteiger partial charge on any atom is 0.160 e. The van der Waals surface area contributed by atoms with Crippen molar-refractivity contribution in [1.29, 1.82) is 0 Å². The molecule has 0 aliphatic carbocycles. The van der Waals surface area contributed by atoms with E-state index in [1.165, 1.54) is 0 Å². The zero-order valence-corrected chi connectivity index (χ0v) is 8.31. The summed E-state index contributed by atoms with van der Waals surface area (Å²) in [6.07, 6.45) is 3.45. The second-order valence-corrected chi connectivity index (χ2v) is 3.93. The van der Waals surface area contributed by atoms with Gasteiger partial charge in [-0.1, -0.05) is 0 Å². The summed E-state index contributed by atoms with van der Waals surface area (Å²) in [4.78, 5) is 8.47. The monoisotopic (exact) mass is 191 g/mol. The van der Waals surface area contributed by atoms with Crippen LogP contribution in [-0.4, -0.2) is 26.2 Å². The summed E-state index contributed by atoms with van der Waals surface area (Å²) in [5, 5.41) is 9.25. The molecule has 0 aromatic carbocycles. The van der Waals surface area contributed by atoms with E-state index in [1.54, 1.807) is 12.5 Å². The Morgan fingerprint density at radius 1 is 1.43 bits per heavy atom. The van der Waals surface area contributed by atoms with Gasteiger partial charge in [0.15, 0.2) is 5.65 Å². The molecule has 14 heavy (non-hydrogen) atoms. The molecular formula is C10H13N3O. The zero-order valence-electron chi connectivity index (χ0n) is 8.31. The number of aliphatic hydroxyl groups excluding tert-OH is 1. The van der Waals surface area contributed by atoms with E-state index in [2.05, 4.69) is 9.97 Å². The van der Waals surface area contributed by atoms with Crippen LogP contribution >= 0.6 is 0 Å². The van der Waals surface area contributed by atoms with Crippen LogP contribution < -0.4 is 0 Å². The van der Waals surface area contributed by atoms with Crippen molar-refractivity contribution in [1.82, 2.24) is 14.5 Å². The van der Waals surface area contributed by atoms with Gasteiger partial charge >= 0.3 is 0 Å². The highest BCUT2D eigenvalue weighted by Gasteiger charge is 2.21. The molecule has 0 amide bonds. The van der Waals surface area contributed by atoms with E-state index in [9.17, 15) is 5.11 Å². The Morgan fingerprint density at radius 3 is 2.93 bits per heavy atom. The van der Waals surface area contributed by atoms with E-state index in [1.807, 2.05) is 30.5 Å². The second-order valence-electron chi connectivity index (χ2n) is 3.93. The third-order valence-electron chi connectivity index (χ3n) is 2.35. The predicted molar refractivity (Wildman–Crippen MR) is 53.9 cm³/mol. The molecule has 1 N–H and O–H groups in total. The van der Waals surface area contributed by atoms with Gasteiger partial charge in [0.1, 0.15) is 5.52 Å². The standard InChI is InChI=1S/C10H13N3O/c1-10(2,6-14)13-7-12-8-4-3-5-11-9(8)13/h3-5,7,14H,6H2,1-2H3. The summed E-state index contributed by atoms with van der Waals surface area (Å²) in [6, 6.07) is 3.76. The number of aromatic nitrogens is 3. The predicted octanol–water partition coefficient (Wildman–Crippen LogP) is 1.16. The number of hydrogen-bond acceptors (Lipinski definition) is 3. The smallest absolute Gasteiger partial charge is 0.160 e. The number of aliphatic hydroxyl groups is 1. The van der Waals surface area contributed by atoms with Gasteiger partial charge < -0.3 is 9.67 Å². The van der Waals surface area contributed by atoms with Gasteiger partial charge in [-0.05, 0) is 26.0 Å². The summed E-state index contributed by atoms with van der Waals surface area (Å²) < 4.78 is 1.89. The molecule has 4 heteroatoms. The molecule has 0 aliphatic heterocycles. The highest BCUT2D eigenvalue weighted by Crippen LogP contribution is 2.19. The molecular weight excluding hydrogens is 178 g/mol. The fourth-order valence-corrected chi connectivity index (χ4v) is 1.37. The minimum absolute atomic E-state index is 0.0645. The molecule has 4 nitrogen and oxygen atoms in total. The lowest BCUT2D eigenvalue weighted by atomic mass is 10.1. The first-order valence-corrected chi connectivity index (χ1v) is 4.54. The molecule has 0 radical (unpaired) electrons. The largest absolute Gasteiger partial charge is 0.394 e. The Kier molecular flexibility index (Phi) is 2.00. The Bertz CT molecular complexity index is 447. The van der Waals surface area contributed by atoms with Crippen LogP contribution in [0.2, 0.25) is 0 Å². The fraction of sp³-hybridized carbons (Fsp3) is 0.400. The van der Waals surface area contributed by atoms with E-state index < -0.39 is 0 Å². The van der Waals surface area contributed by atoms with Crippen LogP contribution in [0.5, 0.6) is 0 Å². The average Bonchev–Trinajstić information content (AvgIpc) is 2.61. The van der Waals surface area contributed by atoms with E-state index in [0.29, 0.717) is 0 Å². The lowest BCUT2D eigenvalue weighted by Crippen LogP contribution is -2.29. The van der Waals surface area contributed by atoms with Crippen molar-refractivity contribution in [3.63, 3.8) is 0 Å². The molecule has 74 valence electrons. The second kappa shape index (κ2) is 3.06. The quantitative estimate of drug-likeness (QED) is 0.775. The summed E-state index contributed by atoms with van der Waals surface area (Å²) >= 11 is 0. The minimum Gasteiger partial charge on any atom is -0.394 e. The molecule has 0 fully saturated rings. The summed E-state index contributed by atoms with van der Waals surface area (Å²) in [7, 11) is 0. The molecule has 0 aliphatic rings. The third-order valence-corrected chi connectivity index (χ3v) is 2.35. The first kappa shape index (κ1) is 9.15. The lowest BCUT2D eigenvalue weighted by Gasteiger charge is -2.23. The van der Waals surface area contributed by atoms with Crippen molar-refractivity contribution in [2.24, 2.45) is 0 Å². The van der Waals surface area contributed by atoms with Gasteiger partial charge in [-0.25, -0.2) is 9.97 Å². The number of rotatable bonds is 2. The topological polar surface area (TPSA) is 50.9 Å². The van der Waals surface area contributed by atoms with Crippen molar-refractivity contribution in [2.75, 3.05) is 6.61 Å². The van der Waals surface area contributed by atoms with Crippen LogP contribution in [0.15, 0.2) is 24.7 Å². The maximum absolute atomic E-state index is 9.25. The van der Waals surface area contributed by atoms with E-state index in [-0.39, 0.29) is 12.1 Å². The van der Waals surface area contributed by atoms with Crippen LogP contribution in [0.3, 0.4) is 0 Å². The summed E-state index contributed by atoms with van der Waals surface area (Å²) in [5.41, 5.74) is 1.31. The number of nitrogens with zero attached hydrogens (tertiary/aromatic N) is 3. The highest BCUT2D eigenvalue weighted by atomic mass is 16.3. The summed E-state index contributed by atoms with van der Waals surface area (Å²) in [6.45, 7) is 3.96. The van der Waals surface area contributed by atoms with Crippen LogP contribution in [0.1, 0.15) is 13.8 Å². The Hall–Kier alpha value is -1.42. The number of fused-ring (bicyclic) bond motifs is 1. The van der Waals surface area contributed by atoms with Crippen molar-refractivity contribution in [2.45, 2.75) is 19.4 Å². The van der Waals surface area contributed by atoms with Gasteiger partial charge in [0, 0.05) is 6.20 Å². The van der Waals surface area contributed by atoms with E-state index in [4.69, 9.17) is 0 Å². The minimum atomic E-state index is -0.358. The van der Waals surface area contributed by atoms with Crippen molar-refractivity contribution in [3.05, 3.63) is 24.7 Å². The molecule has 2 heterocycles. The third kappa shape index (κ3) is 1.28. The molecule has 0 saturated carbocycles. The molecule has 2 aromatic heterocycles. The van der Waals surface area contributed by atoms with Gasteiger partial charge in [0.2, 0.25) is 0 Å². The van der Waals surface area contributed by atoms with Crippen LogP contribution in [-0.2, 0) is 5.54 Å². The van der Waals surface area contributed by atoms with E-state index in [0.717, 1.165) is 11.2 Å². The molecule has 2 aromatic rings. The Morgan fingerprint density at radius 2 is 2.21 bits per heavy atom. The van der Waals surface area contributed by atoms with E-state index >= 15 is 0 Å². The highest BCUT2D eigenvalue weighted by molar-refractivity contribution is 5.70. The first-order chi connectivity index (χ1) is 6.65. The van der Waals surface area contributed by atoms with Crippen LogP contribution in [0, 0.1) is 0 Å². The van der Waals surface area contributed by atoms with Gasteiger partial charge in [-0.15, -0.1) is 0 Å². The SMILES string of the molecule is CC(C)(CO)n1cnc2cccnc21. The van der Waals surface area contributed by atoms with Crippen molar-refractivity contribution >= 4 is 11.2 Å². The fourth-order valence-electron chi connectivity index (χ4n) is 1.37. The Labute approximate surface area is 82.2 Å². The maximum atomic E-state index is 9.25.